The van der Waals surface area contributed by atoms with Gasteiger partial charge >= 0.3 is 0 Å². The number of guanidine groups is 1. The van der Waals surface area contributed by atoms with Crippen LogP contribution in [0.3, 0.4) is 0 Å². The largest absolute Gasteiger partial charge is 0.485 e. The molecule has 0 fully saturated rings. The van der Waals surface area contributed by atoms with E-state index in [9.17, 15) is 14.7 Å². The Bertz CT molecular complexity index is 1160. The van der Waals surface area contributed by atoms with Gasteiger partial charge in [-0.3, -0.25) is 14.5 Å². The van der Waals surface area contributed by atoms with Crippen molar-refractivity contribution < 1.29 is 19.4 Å². The molecule has 0 spiro atoms. The molecular formula is C27H34N4O4. The third kappa shape index (κ3) is 4.75. The van der Waals surface area contributed by atoms with E-state index in [1.807, 2.05) is 44.2 Å². The molecule has 0 aliphatic carbocycles. The number of para-hydroxylation sites is 1. The predicted molar refractivity (Wildman–Crippen MR) is 134 cm³/mol. The van der Waals surface area contributed by atoms with E-state index in [1.165, 1.54) is 4.90 Å². The number of carbonyl (C=O) groups is 2. The van der Waals surface area contributed by atoms with Crippen molar-refractivity contribution >= 4 is 17.8 Å². The highest BCUT2D eigenvalue weighted by atomic mass is 16.5. The number of aliphatic hydroxyl groups is 1. The number of hydrogen-bond acceptors (Lipinski definition) is 6. The van der Waals surface area contributed by atoms with Gasteiger partial charge in [0.1, 0.15) is 17.5 Å². The number of rotatable bonds is 6. The Hall–Kier alpha value is -3.39. The highest BCUT2D eigenvalue weighted by molar-refractivity contribution is 5.99. The molecule has 0 unspecified atom stereocenters. The van der Waals surface area contributed by atoms with E-state index in [0.29, 0.717) is 17.7 Å². The van der Waals surface area contributed by atoms with Crippen molar-refractivity contribution in [2.45, 2.75) is 76.8 Å². The molecule has 4 rings (SSSR count). The van der Waals surface area contributed by atoms with Gasteiger partial charge in [0, 0.05) is 11.1 Å². The van der Waals surface area contributed by atoms with Gasteiger partial charge < -0.3 is 20.9 Å². The standard InChI is InChI=1S/C27H34N4O4/c1-5-27(6-2)15-21(32)31(25(28)30-27)16-17-10-9-11-18(14-17)24(34)29-22-19-12-7-8-13-20(19)35-26(3,4)23(22)33/h7-14,22-23,33H,5-6,15-16H2,1-4H3,(H2,28,30)(H,29,34)/t22-,23+/m1/s1. The molecule has 8 nitrogen and oxygen atoms in total. The Kier molecular flexibility index (Phi) is 6.60. The second-order valence-corrected chi connectivity index (χ2v) is 9.90. The van der Waals surface area contributed by atoms with Crippen LogP contribution < -0.4 is 15.8 Å². The molecule has 0 aromatic heterocycles. The van der Waals surface area contributed by atoms with E-state index in [2.05, 4.69) is 10.3 Å². The molecule has 0 saturated heterocycles. The molecular weight excluding hydrogens is 444 g/mol. The smallest absolute Gasteiger partial charge is 0.251 e. The molecule has 186 valence electrons. The highest BCUT2D eigenvalue weighted by Crippen LogP contribution is 2.39. The number of amides is 2. The van der Waals surface area contributed by atoms with Crippen LogP contribution in [-0.4, -0.2) is 45.0 Å². The van der Waals surface area contributed by atoms with Crippen LogP contribution in [0.5, 0.6) is 5.75 Å². The topological polar surface area (TPSA) is 117 Å². The Morgan fingerprint density at radius 3 is 2.60 bits per heavy atom. The first-order valence-electron chi connectivity index (χ1n) is 12.1. The third-order valence-corrected chi connectivity index (χ3v) is 7.20. The van der Waals surface area contributed by atoms with E-state index in [4.69, 9.17) is 10.5 Å². The molecule has 0 radical (unpaired) electrons. The number of nitrogens with zero attached hydrogens (tertiary/aromatic N) is 2. The Labute approximate surface area is 206 Å². The lowest BCUT2D eigenvalue weighted by Crippen LogP contribution is -2.53. The minimum atomic E-state index is -0.941. The van der Waals surface area contributed by atoms with Crippen LogP contribution in [0.1, 0.15) is 74.5 Å². The zero-order valence-corrected chi connectivity index (χ0v) is 20.7. The molecule has 2 aliphatic rings. The number of hydrogen-bond donors (Lipinski definition) is 3. The molecule has 2 aromatic carbocycles. The fourth-order valence-corrected chi connectivity index (χ4v) is 4.80. The molecule has 0 saturated carbocycles. The molecule has 2 aliphatic heterocycles. The molecule has 2 heterocycles. The molecule has 2 amide bonds. The number of benzene rings is 2. The molecule has 2 atom stereocenters. The first-order chi connectivity index (χ1) is 16.6. The maximum atomic E-state index is 13.2. The maximum absolute atomic E-state index is 13.2. The van der Waals surface area contributed by atoms with Crippen LogP contribution in [0, 0.1) is 0 Å². The van der Waals surface area contributed by atoms with Crippen molar-refractivity contribution in [3.8, 4) is 5.75 Å². The Balaban J connectivity index is 1.54. The van der Waals surface area contributed by atoms with E-state index in [0.717, 1.165) is 24.0 Å². The quantitative estimate of drug-likeness (QED) is 0.589. The van der Waals surface area contributed by atoms with Crippen LogP contribution in [0.2, 0.25) is 0 Å². The van der Waals surface area contributed by atoms with Gasteiger partial charge in [0.25, 0.3) is 5.91 Å². The molecule has 2 aromatic rings. The molecule has 4 N–H and O–H groups in total. The summed E-state index contributed by atoms with van der Waals surface area (Å²) in [5.41, 5.74) is 6.79. The van der Waals surface area contributed by atoms with Crippen LogP contribution in [0.25, 0.3) is 0 Å². The van der Waals surface area contributed by atoms with Crippen LogP contribution in [0.4, 0.5) is 0 Å². The Morgan fingerprint density at radius 1 is 1.20 bits per heavy atom. The number of nitrogens with one attached hydrogen (secondary N) is 1. The van der Waals surface area contributed by atoms with Gasteiger partial charge in [-0.1, -0.05) is 44.2 Å². The van der Waals surface area contributed by atoms with Crippen LogP contribution in [-0.2, 0) is 11.3 Å². The van der Waals surface area contributed by atoms with Gasteiger partial charge in [-0.05, 0) is 50.5 Å². The summed E-state index contributed by atoms with van der Waals surface area (Å²) in [5.74, 6) is 0.450. The van der Waals surface area contributed by atoms with Crippen molar-refractivity contribution in [3.05, 3.63) is 65.2 Å². The third-order valence-electron chi connectivity index (χ3n) is 7.20. The van der Waals surface area contributed by atoms with Gasteiger partial charge in [0.2, 0.25) is 5.91 Å². The average molecular weight is 479 g/mol. The number of nitrogens with two attached hydrogens (primary N) is 1. The van der Waals surface area contributed by atoms with Gasteiger partial charge in [-0.25, -0.2) is 4.99 Å². The number of ether oxygens (including phenoxy) is 1. The van der Waals surface area contributed by atoms with Crippen molar-refractivity contribution in [2.24, 2.45) is 10.7 Å². The minimum absolute atomic E-state index is 0.0692. The van der Waals surface area contributed by atoms with Gasteiger partial charge in [0.15, 0.2) is 5.96 Å². The lowest BCUT2D eigenvalue weighted by molar-refractivity contribution is -0.130. The average Bonchev–Trinajstić information content (AvgIpc) is 2.84. The lowest BCUT2D eigenvalue weighted by atomic mass is 9.86. The zero-order chi connectivity index (χ0) is 25.4. The monoisotopic (exact) mass is 478 g/mol. The van der Waals surface area contributed by atoms with Crippen molar-refractivity contribution in [2.75, 3.05) is 0 Å². The second kappa shape index (κ2) is 9.34. The van der Waals surface area contributed by atoms with E-state index >= 15 is 0 Å². The van der Waals surface area contributed by atoms with Crippen molar-refractivity contribution in [3.63, 3.8) is 0 Å². The molecule has 35 heavy (non-hydrogen) atoms. The van der Waals surface area contributed by atoms with Crippen LogP contribution in [0.15, 0.2) is 53.5 Å². The predicted octanol–water partition coefficient (Wildman–Crippen LogP) is 3.30. The summed E-state index contributed by atoms with van der Waals surface area (Å²) in [4.78, 5) is 32.2. The number of fused-ring (bicyclic) bond motifs is 1. The number of aliphatic imine (C=N–C) groups is 1. The second-order valence-electron chi connectivity index (χ2n) is 9.90. The first-order valence-corrected chi connectivity index (χ1v) is 12.1. The van der Waals surface area contributed by atoms with E-state index in [1.54, 1.807) is 32.0 Å². The summed E-state index contributed by atoms with van der Waals surface area (Å²) in [7, 11) is 0. The maximum Gasteiger partial charge on any atom is 0.251 e. The zero-order valence-electron chi connectivity index (χ0n) is 20.7. The molecule has 0 bridgehead atoms. The number of aliphatic hydroxyl groups excluding tert-OH is 1. The van der Waals surface area contributed by atoms with Crippen LogP contribution >= 0.6 is 0 Å². The summed E-state index contributed by atoms with van der Waals surface area (Å²) in [6, 6.07) is 13.8. The molecule has 8 heteroatoms. The van der Waals surface area contributed by atoms with Crippen molar-refractivity contribution in [1.29, 1.82) is 0 Å². The van der Waals surface area contributed by atoms with E-state index < -0.39 is 23.3 Å². The summed E-state index contributed by atoms with van der Waals surface area (Å²) in [6.07, 6.45) is 0.871. The summed E-state index contributed by atoms with van der Waals surface area (Å²) in [5, 5.41) is 13.9. The van der Waals surface area contributed by atoms with Gasteiger partial charge in [0.05, 0.1) is 24.5 Å². The minimum Gasteiger partial charge on any atom is -0.485 e. The lowest BCUT2D eigenvalue weighted by Gasteiger charge is -2.42. The number of carbonyl (C=O) groups excluding carboxylic acids is 2. The Morgan fingerprint density at radius 2 is 1.91 bits per heavy atom. The fraction of sp³-hybridized carbons (Fsp3) is 0.444. The first kappa shape index (κ1) is 24.7. The summed E-state index contributed by atoms with van der Waals surface area (Å²) >= 11 is 0. The fourth-order valence-electron chi connectivity index (χ4n) is 4.80. The van der Waals surface area contributed by atoms with E-state index in [-0.39, 0.29) is 24.3 Å². The van der Waals surface area contributed by atoms with Crippen molar-refractivity contribution in [1.82, 2.24) is 10.2 Å². The van der Waals surface area contributed by atoms with Gasteiger partial charge in [-0.2, -0.15) is 0 Å². The summed E-state index contributed by atoms with van der Waals surface area (Å²) < 4.78 is 5.94. The highest BCUT2D eigenvalue weighted by Gasteiger charge is 2.43. The van der Waals surface area contributed by atoms with Gasteiger partial charge in [-0.15, -0.1) is 0 Å². The summed E-state index contributed by atoms with van der Waals surface area (Å²) in [6.45, 7) is 7.84. The normalized spacial score (nSPS) is 22.6. The SMILES string of the molecule is CCC1(CC)CC(=O)N(Cc2cccc(C(=O)N[C@@H]3c4ccccc4OC(C)(C)[C@H]3O)c2)C(N)=N1.